The van der Waals surface area contributed by atoms with E-state index in [2.05, 4.69) is 58.3 Å². The number of aromatic nitrogens is 2. The first-order valence-corrected chi connectivity index (χ1v) is 9.19. The summed E-state index contributed by atoms with van der Waals surface area (Å²) in [6.07, 6.45) is 6.37. The van der Waals surface area contributed by atoms with E-state index in [1.807, 2.05) is 0 Å². The van der Waals surface area contributed by atoms with Crippen molar-refractivity contribution in [1.82, 2.24) is 20.2 Å². The normalized spacial score (nSPS) is 18.4. The molecular formula is C20H28N4O. The van der Waals surface area contributed by atoms with E-state index < -0.39 is 0 Å². The van der Waals surface area contributed by atoms with Crippen LogP contribution in [-0.4, -0.2) is 39.9 Å². The molecule has 25 heavy (non-hydrogen) atoms. The van der Waals surface area contributed by atoms with Crippen molar-refractivity contribution in [3.63, 3.8) is 0 Å². The predicted molar refractivity (Wildman–Crippen MR) is 99.3 cm³/mol. The summed E-state index contributed by atoms with van der Waals surface area (Å²) in [6, 6.07) is 9.17. The lowest BCUT2D eigenvalue weighted by atomic mass is 10.0. The topological polar surface area (TPSA) is 61.0 Å². The summed E-state index contributed by atoms with van der Waals surface area (Å²) in [7, 11) is 0. The Morgan fingerprint density at radius 3 is 2.76 bits per heavy atom. The predicted octanol–water partition coefficient (Wildman–Crippen LogP) is 3.00. The first kappa shape index (κ1) is 17.7. The second-order valence-electron chi connectivity index (χ2n) is 7.43. The maximum absolute atomic E-state index is 12.2. The van der Waals surface area contributed by atoms with Crippen LogP contribution in [0.3, 0.4) is 0 Å². The highest BCUT2D eigenvalue weighted by Gasteiger charge is 2.22. The molecule has 1 aliphatic heterocycles. The summed E-state index contributed by atoms with van der Waals surface area (Å²) in [5.74, 6) is 0.620. The fourth-order valence-corrected chi connectivity index (χ4v) is 3.47. The highest BCUT2D eigenvalue weighted by molar-refractivity contribution is 5.92. The van der Waals surface area contributed by atoms with E-state index in [-0.39, 0.29) is 11.9 Å². The summed E-state index contributed by atoms with van der Waals surface area (Å²) < 4.78 is 0. The van der Waals surface area contributed by atoms with E-state index in [0.29, 0.717) is 11.6 Å². The molecule has 134 valence electrons. The molecule has 1 saturated heterocycles. The van der Waals surface area contributed by atoms with Crippen molar-refractivity contribution < 1.29 is 4.79 Å². The summed E-state index contributed by atoms with van der Waals surface area (Å²) in [5, 5.41) is 3.12. The van der Waals surface area contributed by atoms with E-state index in [9.17, 15) is 4.79 Å². The molecule has 1 aromatic carbocycles. The van der Waals surface area contributed by atoms with Crippen molar-refractivity contribution in [3.8, 4) is 0 Å². The molecule has 0 aliphatic carbocycles. The van der Waals surface area contributed by atoms with Crippen LogP contribution in [0.5, 0.6) is 0 Å². The molecule has 2 N–H and O–H groups in total. The Kier molecular flexibility index (Phi) is 5.87. The number of imidazole rings is 1. The summed E-state index contributed by atoms with van der Waals surface area (Å²) in [6.45, 7) is 7.43. The van der Waals surface area contributed by atoms with Crippen molar-refractivity contribution in [2.24, 2.45) is 5.92 Å². The molecule has 1 aromatic heterocycles. The van der Waals surface area contributed by atoms with Gasteiger partial charge >= 0.3 is 0 Å². The van der Waals surface area contributed by atoms with Gasteiger partial charge in [0.1, 0.15) is 5.69 Å². The zero-order valence-electron chi connectivity index (χ0n) is 15.2. The Morgan fingerprint density at radius 1 is 1.32 bits per heavy atom. The summed E-state index contributed by atoms with van der Waals surface area (Å²) >= 11 is 0. The van der Waals surface area contributed by atoms with Crippen LogP contribution < -0.4 is 5.32 Å². The number of likely N-dealkylation sites (tertiary alicyclic amines) is 1. The first-order chi connectivity index (χ1) is 12.1. The third-order valence-corrected chi connectivity index (χ3v) is 4.66. The molecule has 2 aromatic rings. The van der Waals surface area contributed by atoms with E-state index in [1.165, 1.54) is 17.5 Å². The Hall–Kier alpha value is -2.14. The van der Waals surface area contributed by atoms with Crippen LogP contribution >= 0.6 is 0 Å². The van der Waals surface area contributed by atoms with Crippen LogP contribution in [0, 0.1) is 5.92 Å². The van der Waals surface area contributed by atoms with Gasteiger partial charge in [-0.3, -0.25) is 9.69 Å². The number of hydrogen-bond donors (Lipinski definition) is 2. The minimum atomic E-state index is -0.0672. The number of H-pyrrole nitrogens is 1. The third kappa shape index (κ3) is 5.16. The van der Waals surface area contributed by atoms with Gasteiger partial charge in [0.05, 0.1) is 12.5 Å². The van der Waals surface area contributed by atoms with Crippen molar-refractivity contribution in [1.29, 1.82) is 0 Å². The molecule has 5 heteroatoms. The van der Waals surface area contributed by atoms with Gasteiger partial charge in [-0.2, -0.15) is 0 Å². The number of aromatic amines is 1. The van der Waals surface area contributed by atoms with Gasteiger partial charge < -0.3 is 10.3 Å². The Labute approximate surface area is 149 Å². The zero-order chi connectivity index (χ0) is 17.6. The highest BCUT2D eigenvalue weighted by atomic mass is 16.2. The van der Waals surface area contributed by atoms with Gasteiger partial charge in [0.2, 0.25) is 0 Å². The van der Waals surface area contributed by atoms with Crippen LogP contribution in [0.1, 0.15) is 48.3 Å². The largest absolute Gasteiger partial charge is 0.347 e. The summed E-state index contributed by atoms with van der Waals surface area (Å²) in [5.41, 5.74) is 3.27. The molecular weight excluding hydrogens is 312 g/mol. The highest BCUT2D eigenvalue weighted by Crippen LogP contribution is 2.16. The second kappa shape index (κ2) is 8.30. The number of nitrogens with one attached hydrogen (secondary N) is 2. The monoisotopic (exact) mass is 340 g/mol. The second-order valence-corrected chi connectivity index (χ2v) is 7.43. The van der Waals surface area contributed by atoms with Gasteiger partial charge in [-0.1, -0.05) is 38.1 Å². The Morgan fingerprint density at radius 2 is 2.08 bits per heavy atom. The molecule has 0 spiro atoms. The van der Waals surface area contributed by atoms with E-state index in [1.54, 1.807) is 6.20 Å². The number of carbonyl (C=O) groups is 1. The standard InChI is InChI=1S/C20H28N4O/c1-15(2)10-16-5-7-17(8-6-16)12-24-9-3-4-18(13-24)23-20(25)19-11-21-14-22-19/h5-8,11,14-15,18H,3-4,9-10,12-13H2,1-2H3,(H,21,22)(H,23,25)/t18-/m1/s1. The average molecular weight is 340 g/mol. The van der Waals surface area contributed by atoms with Crippen LogP contribution in [0.25, 0.3) is 0 Å². The van der Waals surface area contributed by atoms with Crippen LogP contribution in [0.15, 0.2) is 36.8 Å². The van der Waals surface area contributed by atoms with Crippen LogP contribution in [0.4, 0.5) is 0 Å². The Bertz CT molecular complexity index is 664. The van der Waals surface area contributed by atoms with Gasteiger partial charge in [-0.25, -0.2) is 4.98 Å². The van der Waals surface area contributed by atoms with E-state index in [0.717, 1.165) is 38.9 Å². The van der Waals surface area contributed by atoms with Crippen LogP contribution in [0.2, 0.25) is 0 Å². The number of benzene rings is 1. The summed E-state index contributed by atoms with van der Waals surface area (Å²) in [4.78, 5) is 21.4. The molecule has 5 nitrogen and oxygen atoms in total. The lowest BCUT2D eigenvalue weighted by Crippen LogP contribution is -2.47. The molecule has 1 aliphatic rings. The van der Waals surface area contributed by atoms with Gasteiger partial charge in [-0.05, 0) is 42.9 Å². The SMILES string of the molecule is CC(C)Cc1ccc(CN2CCC[C@@H](NC(=O)c3cnc[nH]3)C2)cc1. The van der Waals surface area contributed by atoms with Crippen molar-refractivity contribution in [3.05, 3.63) is 53.6 Å². The molecule has 0 radical (unpaired) electrons. The van der Waals surface area contributed by atoms with Crippen LogP contribution in [-0.2, 0) is 13.0 Å². The molecule has 2 heterocycles. The zero-order valence-corrected chi connectivity index (χ0v) is 15.2. The third-order valence-electron chi connectivity index (χ3n) is 4.66. The van der Waals surface area contributed by atoms with Crippen molar-refractivity contribution >= 4 is 5.91 Å². The number of nitrogens with zero attached hydrogens (tertiary/aromatic N) is 2. The number of piperidine rings is 1. The van der Waals surface area contributed by atoms with Crippen molar-refractivity contribution in [2.75, 3.05) is 13.1 Å². The maximum Gasteiger partial charge on any atom is 0.269 e. The quantitative estimate of drug-likeness (QED) is 0.850. The number of carbonyl (C=O) groups excluding carboxylic acids is 1. The smallest absolute Gasteiger partial charge is 0.269 e. The minimum absolute atomic E-state index is 0.0672. The first-order valence-electron chi connectivity index (χ1n) is 9.19. The van der Waals surface area contributed by atoms with E-state index in [4.69, 9.17) is 0 Å². The number of amides is 1. The van der Waals surface area contributed by atoms with Gasteiger partial charge in [0.15, 0.2) is 0 Å². The Balaban J connectivity index is 1.52. The van der Waals surface area contributed by atoms with Gasteiger partial charge in [0, 0.05) is 19.1 Å². The number of rotatable bonds is 6. The fourth-order valence-electron chi connectivity index (χ4n) is 3.47. The molecule has 1 atom stereocenters. The average Bonchev–Trinajstić information content (AvgIpc) is 3.11. The fraction of sp³-hybridized carbons (Fsp3) is 0.500. The molecule has 1 amide bonds. The molecule has 0 unspecified atom stereocenters. The lowest BCUT2D eigenvalue weighted by molar-refractivity contribution is 0.0896. The minimum Gasteiger partial charge on any atom is -0.347 e. The molecule has 3 rings (SSSR count). The molecule has 0 saturated carbocycles. The molecule has 1 fully saturated rings. The van der Waals surface area contributed by atoms with Crippen molar-refractivity contribution in [2.45, 2.75) is 45.7 Å². The van der Waals surface area contributed by atoms with E-state index >= 15 is 0 Å². The lowest BCUT2D eigenvalue weighted by Gasteiger charge is -2.33. The van der Waals surface area contributed by atoms with Gasteiger partial charge in [-0.15, -0.1) is 0 Å². The number of hydrogen-bond acceptors (Lipinski definition) is 3. The van der Waals surface area contributed by atoms with Gasteiger partial charge in [0.25, 0.3) is 5.91 Å². The maximum atomic E-state index is 12.2. The molecule has 0 bridgehead atoms.